The number of hydrogen-bond donors (Lipinski definition) is 1. The smallest absolute Gasteiger partial charge is 0.237 e. The first-order valence-corrected chi connectivity index (χ1v) is 7.80. The second-order valence-electron chi connectivity index (χ2n) is 4.81. The maximum Gasteiger partial charge on any atom is 0.237 e. The van der Waals surface area contributed by atoms with E-state index < -0.39 is 0 Å². The highest BCUT2D eigenvalue weighted by molar-refractivity contribution is 7.16. The summed E-state index contributed by atoms with van der Waals surface area (Å²) in [6.45, 7) is 1.45. The monoisotopic (exact) mass is 310 g/mol. The SMILES string of the molecule is CNC(=O)C1CCCN1Cc1nc(Cl)c2ccsc2n1. The van der Waals surface area contributed by atoms with Gasteiger partial charge >= 0.3 is 0 Å². The Labute approximate surface area is 126 Å². The largest absolute Gasteiger partial charge is 0.358 e. The molecule has 1 atom stereocenters. The van der Waals surface area contributed by atoms with Gasteiger partial charge in [0.25, 0.3) is 0 Å². The van der Waals surface area contributed by atoms with Crippen LogP contribution in [0.25, 0.3) is 10.2 Å². The number of nitrogens with zero attached hydrogens (tertiary/aromatic N) is 3. The van der Waals surface area contributed by atoms with E-state index in [-0.39, 0.29) is 11.9 Å². The molecule has 1 saturated heterocycles. The first-order valence-electron chi connectivity index (χ1n) is 6.54. The van der Waals surface area contributed by atoms with Crippen molar-refractivity contribution in [1.82, 2.24) is 20.2 Å². The second kappa shape index (κ2) is 5.63. The van der Waals surface area contributed by atoms with Crippen LogP contribution in [-0.4, -0.2) is 40.4 Å². The fourth-order valence-corrected chi connectivity index (χ4v) is 3.68. The predicted molar refractivity (Wildman–Crippen MR) is 79.9 cm³/mol. The van der Waals surface area contributed by atoms with Gasteiger partial charge in [0.15, 0.2) is 0 Å². The summed E-state index contributed by atoms with van der Waals surface area (Å²) in [4.78, 5) is 23.7. The molecule has 2 aromatic heterocycles. The lowest BCUT2D eigenvalue weighted by Gasteiger charge is -2.22. The number of rotatable bonds is 3. The highest BCUT2D eigenvalue weighted by atomic mass is 35.5. The molecule has 0 aliphatic carbocycles. The lowest BCUT2D eigenvalue weighted by molar-refractivity contribution is -0.125. The number of nitrogens with one attached hydrogen (secondary N) is 1. The summed E-state index contributed by atoms with van der Waals surface area (Å²) in [5.41, 5.74) is 0. The predicted octanol–water partition coefficient (Wildman–Crippen LogP) is 2.06. The number of likely N-dealkylation sites (tertiary alicyclic amines) is 1. The molecule has 1 fully saturated rings. The van der Waals surface area contributed by atoms with Crippen LogP contribution < -0.4 is 5.32 Å². The second-order valence-corrected chi connectivity index (χ2v) is 6.07. The van der Waals surface area contributed by atoms with Crippen LogP contribution >= 0.6 is 22.9 Å². The zero-order chi connectivity index (χ0) is 14.1. The van der Waals surface area contributed by atoms with E-state index in [0.717, 1.165) is 29.6 Å². The Morgan fingerprint density at radius 3 is 3.25 bits per heavy atom. The van der Waals surface area contributed by atoms with Crippen molar-refractivity contribution in [2.45, 2.75) is 25.4 Å². The number of aromatic nitrogens is 2. The van der Waals surface area contributed by atoms with Gasteiger partial charge in [-0.25, -0.2) is 9.97 Å². The van der Waals surface area contributed by atoms with Gasteiger partial charge in [0, 0.05) is 12.4 Å². The normalized spacial score (nSPS) is 19.6. The van der Waals surface area contributed by atoms with Gasteiger partial charge in [-0.3, -0.25) is 9.69 Å². The molecule has 3 rings (SSSR count). The standard InChI is InChI=1S/C13H15ClN4OS/c1-15-12(19)9-3-2-5-18(9)7-10-16-11(14)8-4-6-20-13(8)17-10/h4,6,9H,2-3,5,7H2,1H3,(H,15,19). The van der Waals surface area contributed by atoms with E-state index in [0.29, 0.717) is 17.5 Å². The Hall–Kier alpha value is -1.24. The van der Waals surface area contributed by atoms with Gasteiger partial charge in [0.2, 0.25) is 5.91 Å². The highest BCUT2D eigenvalue weighted by Gasteiger charge is 2.30. The minimum absolute atomic E-state index is 0.0609. The molecule has 0 spiro atoms. The molecule has 1 amide bonds. The van der Waals surface area contributed by atoms with Crippen LogP contribution in [-0.2, 0) is 11.3 Å². The Balaban J connectivity index is 1.83. The van der Waals surface area contributed by atoms with Crippen molar-refractivity contribution in [2.75, 3.05) is 13.6 Å². The van der Waals surface area contributed by atoms with Gasteiger partial charge in [0.05, 0.1) is 12.6 Å². The van der Waals surface area contributed by atoms with E-state index in [9.17, 15) is 4.79 Å². The van der Waals surface area contributed by atoms with Crippen LogP contribution in [0.3, 0.4) is 0 Å². The summed E-state index contributed by atoms with van der Waals surface area (Å²) in [5, 5.41) is 6.05. The Morgan fingerprint density at radius 1 is 1.60 bits per heavy atom. The van der Waals surface area contributed by atoms with Gasteiger partial charge in [-0.05, 0) is 30.8 Å². The van der Waals surface area contributed by atoms with Crippen LogP contribution in [0.2, 0.25) is 5.15 Å². The van der Waals surface area contributed by atoms with Gasteiger partial charge < -0.3 is 5.32 Å². The molecule has 106 valence electrons. The minimum Gasteiger partial charge on any atom is -0.358 e. The molecular weight excluding hydrogens is 296 g/mol. The van der Waals surface area contributed by atoms with Gasteiger partial charge in [-0.1, -0.05) is 11.6 Å². The average Bonchev–Trinajstić information content (AvgIpc) is 3.07. The molecule has 1 unspecified atom stereocenters. The number of carbonyl (C=O) groups excluding carboxylic acids is 1. The maximum atomic E-state index is 11.8. The Morgan fingerprint density at radius 2 is 2.45 bits per heavy atom. The number of amides is 1. The van der Waals surface area contributed by atoms with Crippen molar-refractivity contribution >= 4 is 39.1 Å². The van der Waals surface area contributed by atoms with Gasteiger partial charge in [0.1, 0.15) is 15.8 Å². The molecule has 5 nitrogen and oxygen atoms in total. The maximum absolute atomic E-state index is 11.8. The first-order chi connectivity index (χ1) is 9.69. The zero-order valence-corrected chi connectivity index (χ0v) is 12.7. The van der Waals surface area contributed by atoms with E-state index in [1.54, 1.807) is 18.4 Å². The van der Waals surface area contributed by atoms with Gasteiger partial charge in [-0.2, -0.15) is 0 Å². The molecule has 20 heavy (non-hydrogen) atoms. The van der Waals surface area contributed by atoms with E-state index in [1.807, 2.05) is 11.4 Å². The average molecular weight is 311 g/mol. The van der Waals surface area contributed by atoms with Crippen molar-refractivity contribution < 1.29 is 4.79 Å². The molecule has 1 aliphatic rings. The van der Waals surface area contributed by atoms with Crippen molar-refractivity contribution in [2.24, 2.45) is 0 Å². The highest BCUT2D eigenvalue weighted by Crippen LogP contribution is 2.26. The zero-order valence-electron chi connectivity index (χ0n) is 11.1. The summed E-state index contributed by atoms with van der Waals surface area (Å²) < 4.78 is 0. The molecule has 0 bridgehead atoms. The van der Waals surface area contributed by atoms with Crippen molar-refractivity contribution in [3.05, 3.63) is 22.4 Å². The lowest BCUT2D eigenvalue weighted by Crippen LogP contribution is -2.41. The minimum atomic E-state index is -0.0820. The van der Waals surface area contributed by atoms with Gasteiger partial charge in [-0.15, -0.1) is 11.3 Å². The summed E-state index contributed by atoms with van der Waals surface area (Å²) in [6.07, 6.45) is 1.90. The number of thiophene rings is 1. The quantitative estimate of drug-likeness (QED) is 0.882. The molecule has 1 aliphatic heterocycles. The fraction of sp³-hybridized carbons (Fsp3) is 0.462. The van der Waals surface area contributed by atoms with Crippen molar-refractivity contribution in [3.8, 4) is 0 Å². The van der Waals surface area contributed by atoms with E-state index in [1.165, 1.54) is 0 Å². The van der Waals surface area contributed by atoms with Crippen LogP contribution in [0, 0.1) is 0 Å². The van der Waals surface area contributed by atoms with E-state index >= 15 is 0 Å². The Bertz CT molecular complexity index is 644. The molecular formula is C13H15ClN4OS. The number of hydrogen-bond acceptors (Lipinski definition) is 5. The third kappa shape index (κ3) is 2.51. The van der Waals surface area contributed by atoms with Crippen molar-refractivity contribution in [3.63, 3.8) is 0 Å². The van der Waals surface area contributed by atoms with Crippen LogP contribution in [0.1, 0.15) is 18.7 Å². The number of halogens is 1. The topological polar surface area (TPSA) is 58.1 Å². The van der Waals surface area contributed by atoms with Crippen molar-refractivity contribution in [1.29, 1.82) is 0 Å². The summed E-state index contributed by atoms with van der Waals surface area (Å²) in [7, 11) is 1.67. The van der Waals surface area contributed by atoms with Crippen LogP contribution in [0.5, 0.6) is 0 Å². The Kier molecular flexibility index (Phi) is 3.87. The van der Waals surface area contributed by atoms with E-state index in [4.69, 9.17) is 11.6 Å². The molecule has 0 radical (unpaired) electrons. The van der Waals surface area contributed by atoms with Crippen LogP contribution in [0.4, 0.5) is 0 Å². The van der Waals surface area contributed by atoms with E-state index in [2.05, 4.69) is 20.2 Å². The van der Waals surface area contributed by atoms with Crippen LogP contribution in [0.15, 0.2) is 11.4 Å². The lowest BCUT2D eigenvalue weighted by atomic mass is 10.2. The summed E-state index contributed by atoms with van der Waals surface area (Å²) >= 11 is 7.72. The molecule has 0 saturated carbocycles. The fourth-order valence-electron chi connectivity index (χ4n) is 2.59. The number of likely N-dealkylation sites (N-methyl/N-ethyl adjacent to an activating group) is 1. The molecule has 3 heterocycles. The third-order valence-electron chi connectivity index (χ3n) is 3.58. The first kappa shape index (κ1) is 13.7. The number of carbonyl (C=O) groups is 1. The molecule has 0 aromatic carbocycles. The molecule has 2 aromatic rings. The summed E-state index contributed by atoms with van der Waals surface area (Å²) in [6, 6.07) is 1.84. The third-order valence-corrected chi connectivity index (χ3v) is 4.68. The molecule has 7 heteroatoms. The molecule has 1 N–H and O–H groups in total. The number of fused-ring (bicyclic) bond motifs is 1. The summed E-state index contributed by atoms with van der Waals surface area (Å²) in [5.74, 6) is 0.742.